The molecule has 0 bridgehead atoms. The van der Waals surface area contributed by atoms with E-state index in [1.807, 2.05) is 12.3 Å². The molecule has 0 aliphatic carbocycles. The van der Waals surface area contributed by atoms with Gasteiger partial charge in [-0.05, 0) is 56.8 Å². The van der Waals surface area contributed by atoms with E-state index in [1.54, 1.807) is 0 Å². The van der Waals surface area contributed by atoms with Gasteiger partial charge in [0.15, 0.2) is 0 Å². The summed E-state index contributed by atoms with van der Waals surface area (Å²) in [6, 6.07) is 6.98. The second kappa shape index (κ2) is 5.05. The lowest BCUT2D eigenvalue weighted by Crippen LogP contribution is -2.41. The summed E-state index contributed by atoms with van der Waals surface area (Å²) in [6.07, 6.45) is 7.24. The first-order chi connectivity index (χ1) is 8.45. The summed E-state index contributed by atoms with van der Waals surface area (Å²) in [6.45, 7) is 3.57. The zero-order valence-electron chi connectivity index (χ0n) is 10.3. The van der Waals surface area contributed by atoms with Crippen LogP contribution in [-0.4, -0.2) is 30.7 Å². The average molecular weight is 231 g/mol. The number of piperidine rings is 1. The molecule has 0 amide bonds. The van der Waals surface area contributed by atoms with Crippen molar-refractivity contribution >= 4 is 5.82 Å². The van der Waals surface area contributed by atoms with Gasteiger partial charge in [0, 0.05) is 18.8 Å². The molecule has 0 saturated carbocycles. The fraction of sp³-hybridized carbons (Fsp3) is 0.643. The molecule has 0 radical (unpaired) electrons. The predicted molar refractivity (Wildman–Crippen MR) is 70.2 cm³/mol. The monoisotopic (exact) mass is 231 g/mol. The second-order valence-electron chi connectivity index (χ2n) is 5.18. The van der Waals surface area contributed by atoms with Gasteiger partial charge in [-0.25, -0.2) is 4.98 Å². The van der Waals surface area contributed by atoms with Gasteiger partial charge in [0.25, 0.3) is 0 Å². The molecule has 0 aromatic carbocycles. The molecule has 1 unspecified atom stereocenters. The van der Waals surface area contributed by atoms with Crippen molar-refractivity contribution in [3.63, 3.8) is 0 Å². The number of nitrogens with one attached hydrogen (secondary N) is 1. The Kier molecular flexibility index (Phi) is 3.27. The maximum atomic E-state index is 4.52. The van der Waals surface area contributed by atoms with E-state index in [1.165, 1.54) is 51.1 Å². The van der Waals surface area contributed by atoms with E-state index >= 15 is 0 Å². The fourth-order valence-corrected chi connectivity index (χ4v) is 3.32. The van der Waals surface area contributed by atoms with Crippen LogP contribution in [0, 0.1) is 5.92 Å². The Labute approximate surface area is 103 Å². The lowest BCUT2D eigenvalue weighted by molar-refractivity contribution is 0.317. The molecule has 1 N–H and O–H groups in total. The molecule has 3 heterocycles. The minimum absolute atomic E-state index is 0.729. The van der Waals surface area contributed by atoms with Crippen LogP contribution >= 0.6 is 0 Å². The summed E-state index contributed by atoms with van der Waals surface area (Å²) < 4.78 is 0. The van der Waals surface area contributed by atoms with Gasteiger partial charge < -0.3 is 10.2 Å². The Balaban J connectivity index is 1.75. The number of nitrogens with zero attached hydrogens (tertiary/aromatic N) is 2. The largest absolute Gasteiger partial charge is 0.353 e. The van der Waals surface area contributed by atoms with Crippen molar-refractivity contribution in [3.8, 4) is 0 Å². The summed E-state index contributed by atoms with van der Waals surface area (Å²) in [7, 11) is 0. The highest BCUT2D eigenvalue weighted by Crippen LogP contribution is 2.32. The van der Waals surface area contributed by atoms with Crippen LogP contribution < -0.4 is 10.2 Å². The molecule has 3 heteroatoms. The molecule has 3 rings (SSSR count). The van der Waals surface area contributed by atoms with Crippen LogP contribution in [0.3, 0.4) is 0 Å². The molecule has 2 aliphatic rings. The van der Waals surface area contributed by atoms with E-state index in [0.717, 1.165) is 12.0 Å². The summed E-state index contributed by atoms with van der Waals surface area (Å²) in [5, 5.41) is 3.46. The number of rotatable bonds is 2. The van der Waals surface area contributed by atoms with Gasteiger partial charge in [0.2, 0.25) is 0 Å². The highest BCUT2D eigenvalue weighted by molar-refractivity contribution is 5.40. The molecule has 92 valence electrons. The fourth-order valence-electron chi connectivity index (χ4n) is 3.32. The maximum Gasteiger partial charge on any atom is 0.128 e. The minimum Gasteiger partial charge on any atom is -0.353 e. The Morgan fingerprint density at radius 3 is 2.82 bits per heavy atom. The molecule has 1 aromatic heterocycles. The maximum absolute atomic E-state index is 4.52. The molecule has 17 heavy (non-hydrogen) atoms. The molecular weight excluding hydrogens is 210 g/mol. The van der Waals surface area contributed by atoms with E-state index in [4.69, 9.17) is 0 Å². The normalized spacial score (nSPS) is 26.4. The third kappa shape index (κ3) is 2.29. The van der Waals surface area contributed by atoms with Crippen LogP contribution in [0.2, 0.25) is 0 Å². The van der Waals surface area contributed by atoms with Gasteiger partial charge >= 0.3 is 0 Å². The number of anilines is 1. The average Bonchev–Trinajstić information content (AvgIpc) is 2.90. The molecule has 3 nitrogen and oxygen atoms in total. The summed E-state index contributed by atoms with van der Waals surface area (Å²) in [5.41, 5.74) is 0. The van der Waals surface area contributed by atoms with Gasteiger partial charge in [0.1, 0.15) is 5.82 Å². The number of aromatic nitrogens is 1. The van der Waals surface area contributed by atoms with Crippen molar-refractivity contribution < 1.29 is 0 Å². The molecule has 1 atom stereocenters. The van der Waals surface area contributed by atoms with Crippen LogP contribution in [0.15, 0.2) is 24.4 Å². The summed E-state index contributed by atoms with van der Waals surface area (Å²) >= 11 is 0. The van der Waals surface area contributed by atoms with Gasteiger partial charge in [-0.3, -0.25) is 0 Å². The molecule has 2 saturated heterocycles. The van der Waals surface area contributed by atoms with Crippen molar-refractivity contribution in [1.29, 1.82) is 0 Å². The number of hydrogen-bond acceptors (Lipinski definition) is 3. The van der Waals surface area contributed by atoms with E-state index < -0.39 is 0 Å². The molecule has 0 spiro atoms. The smallest absolute Gasteiger partial charge is 0.128 e. The minimum atomic E-state index is 0.729. The first kappa shape index (κ1) is 11.0. The zero-order valence-corrected chi connectivity index (χ0v) is 10.3. The van der Waals surface area contributed by atoms with Crippen LogP contribution in [0.4, 0.5) is 5.82 Å². The Bertz CT molecular complexity index is 346. The van der Waals surface area contributed by atoms with Crippen molar-refractivity contribution in [1.82, 2.24) is 10.3 Å². The molecular formula is C14H21N3. The van der Waals surface area contributed by atoms with E-state index in [-0.39, 0.29) is 0 Å². The van der Waals surface area contributed by atoms with Gasteiger partial charge in [-0.2, -0.15) is 0 Å². The topological polar surface area (TPSA) is 28.2 Å². The highest BCUT2D eigenvalue weighted by Gasteiger charge is 2.32. The van der Waals surface area contributed by atoms with Crippen LogP contribution in [0.25, 0.3) is 0 Å². The van der Waals surface area contributed by atoms with Crippen LogP contribution in [0.5, 0.6) is 0 Å². The lowest BCUT2D eigenvalue weighted by Gasteiger charge is -2.35. The van der Waals surface area contributed by atoms with Crippen molar-refractivity contribution in [2.45, 2.75) is 31.7 Å². The Morgan fingerprint density at radius 1 is 1.18 bits per heavy atom. The van der Waals surface area contributed by atoms with Crippen molar-refractivity contribution in [3.05, 3.63) is 24.4 Å². The van der Waals surface area contributed by atoms with E-state index in [0.29, 0.717) is 0 Å². The van der Waals surface area contributed by atoms with Crippen LogP contribution in [-0.2, 0) is 0 Å². The van der Waals surface area contributed by atoms with Crippen molar-refractivity contribution in [2.24, 2.45) is 5.92 Å². The quantitative estimate of drug-likeness (QED) is 0.844. The van der Waals surface area contributed by atoms with Crippen molar-refractivity contribution in [2.75, 3.05) is 24.5 Å². The first-order valence-corrected chi connectivity index (χ1v) is 6.83. The Hall–Kier alpha value is -1.09. The van der Waals surface area contributed by atoms with E-state index in [9.17, 15) is 0 Å². The molecule has 2 aliphatic heterocycles. The highest BCUT2D eigenvalue weighted by atomic mass is 15.2. The second-order valence-corrected chi connectivity index (χ2v) is 5.18. The summed E-state index contributed by atoms with van der Waals surface area (Å²) in [4.78, 5) is 7.05. The lowest BCUT2D eigenvalue weighted by atomic mass is 9.89. The van der Waals surface area contributed by atoms with Crippen LogP contribution in [0.1, 0.15) is 25.7 Å². The third-order valence-corrected chi connectivity index (χ3v) is 4.17. The predicted octanol–water partition coefficient (Wildman–Crippen LogP) is 2.05. The molecule has 2 fully saturated rings. The number of hydrogen-bond donors (Lipinski definition) is 1. The van der Waals surface area contributed by atoms with Gasteiger partial charge in [0.05, 0.1) is 0 Å². The Morgan fingerprint density at radius 2 is 2.06 bits per heavy atom. The van der Waals surface area contributed by atoms with Gasteiger partial charge in [-0.15, -0.1) is 0 Å². The first-order valence-electron chi connectivity index (χ1n) is 6.83. The van der Waals surface area contributed by atoms with Gasteiger partial charge in [-0.1, -0.05) is 6.07 Å². The SMILES string of the molecule is c1ccc(N2CCCC2C2CCNCC2)nc1. The summed E-state index contributed by atoms with van der Waals surface area (Å²) in [5.74, 6) is 2.04. The van der Waals surface area contributed by atoms with E-state index in [2.05, 4.69) is 27.3 Å². The standard InChI is InChI=1S/C14H21N3/c1-2-8-16-14(5-1)17-11-3-4-13(17)12-6-9-15-10-7-12/h1-2,5,8,12-13,15H,3-4,6-7,9-11H2. The zero-order chi connectivity index (χ0) is 11.5. The third-order valence-electron chi connectivity index (χ3n) is 4.17. The molecule has 1 aromatic rings. The number of pyridine rings is 1.